The number of rotatable bonds is 12. The van der Waals surface area contributed by atoms with Crippen LogP contribution < -0.4 is 21.7 Å². The van der Waals surface area contributed by atoms with E-state index in [4.69, 9.17) is 5.73 Å². The molecule has 0 aliphatic heterocycles. The average Bonchev–Trinajstić information content (AvgIpc) is 2.88. The summed E-state index contributed by atoms with van der Waals surface area (Å²) in [5.41, 5.74) is 7.27. The second kappa shape index (κ2) is 13.9. The molecule has 0 saturated carbocycles. The first kappa shape index (κ1) is 29.1. The molecule has 0 aliphatic rings. The van der Waals surface area contributed by atoms with Crippen LogP contribution in [0.3, 0.4) is 0 Å². The van der Waals surface area contributed by atoms with E-state index in [2.05, 4.69) is 38.5 Å². The number of nitrogens with two attached hydrogens (primary N) is 1. The molecule has 0 fully saturated rings. The van der Waals surface area contributed by atoms with E-state index >= 15 is 0 Å². The minimum Gasteiger partial charge on any atom is -0.480 e. The summed E-state index contributed by atoms with van der Waals surface area (Å²) >= 11 is 2.17. The topological polar surface area (TPSA) is 151 Å². The van der Waals surface area contributed by atoms with Crippen molar-refractivity contribution in [2.24, 2.45) is 5.73 Å². The number of hydrogen-bond donors (Lipinski definition) is 5. The van der Waals surface area contributed by atoms with Crippen molar-refractivity contribution in [1.29, 1.82) is 0 Å². The molecule has 3 atom stereocenters. The Kier molecular flexibility index (Phi) is 10.6. The molecule has 6 N–H and O–H groups in total. The molecule has 0 saturated heterocycles. The van der Waals surface area contributed by atoms with Crippen molar-refractivity contribution in [1.82, 2.24) is 16.0 Å². The monoisotopic (exact) mass is 630 g/mol. The molecule has 3 aromatic rings. The first-order valence-electron chi connectivity index (χ1n) is 12.2. The number of benzene rings is 3. The first-order valence-corrected chi connectivity index (χ1v) is 13.3. The summed E-state index contributed by atoms with van der Waals surface area (Å²) in [6.45, 7) is 1.39. The number of fused-ring (bicyclic) bond motifs is 1. The lowest BCUT2D eigenvalue weighted by Gasteiger charge is -2.24. The lowest BCUT2D eigenvalue weighted by atomic mass is 10.0. The van der Waals surface area contributed by atoms with Gasteiger partial charge in [0.2, 0.25) is 17.7 Å². The lowest BCUT2D eigenvalue weighted by molar-refractivity contribution is -0.142. The Morgan fingerprint density at radius 3 is 2.00 bits per heavy atom. The van der Waals surface area contributed by atoms with E-state index in [-0.39, 0.29) is 25.8 Å². The Morgan fingerprint density at radius 2 is 1.37 bits per heavy atom. The molecule has 0 spiro atoms. The maximum Gasteiger partial charge on any atom is 0.326 e. The van der Waals surface area contributed by atoms with E-state index < -0.39 is 41.8 Å². The fourth-order valence-electron chi connectivity index (χ4n) is 4.09. The minimum atomic E-state index is -1.21. The molecule has 0 aliphatic carbocycles. The van der Waals surface area contributed by atoms with Crippen molar-refractivity contribution >= 4 is 57.1 Å². The second-order valence-electron chi connectivity index (χ2n) is 9.01. The van der Waals surface area contributed by atoms with E-state index in [1.54, 1.807) is 0 Å². The predicted octanol–water partition coefficient (Wildman–Crippen LogP) is 2.14. The number of aliphatic carboxylic acids is 1. The highest BCUT2D eigenvalue weighted by Gasteiger charge is 2.29. The summed E-state index contributed by atoms with van der Waals surface area (Å²) in [7, 11) is 0. The predicted molar refractivity (Wildman–Crippen MR) is 153 cm³/mol. The number of carbonyl (C=O) groups excluding carboxylic acids is 3. The number of carboxylic acid groups (broad SMARTS) is 1. The number of amides is 3. The lowest BCUT2D eigenvalue weighted by Crippen LogP contribution is -2.56. The molecule has 38 heavy (non-hydrogen) atoms. The van der Waals surface area contributed by atoms with Crippen LogP contribution in [0.15, 0.2) is 66.7 Å². The highest BCUT2D eigenvalue weighted by Crippen LogP contribution is 2.17. The molecule has 200 valence electrons. The van der Waals surface area contributed by atoms with Crippen LogP contribution in [-0.2, 0) is 32.0 Å². The van der Waals surface area contributed by atoms with Gasteiger partial charge in [-0.1, -0.05) is 54.6 Å². The van der Waals surface area contributed by atoms with Crippen LogP contribution in [0.2, 0.25) is 0 Å². The molecular formula is C28H31IN4O5. The van der Waals surface area contributed by atoms with Gasteiger partial charge in [0.15, 0.2) is 0 Å². The fraction of sp³-hybridized carbons (Fsp3) is 0.286. The third-order valence-electron chi connectivity index (χ3n) is 6.00. The van der Waals surface area contributed by atoms with Gasteiger partial charge in [-0.2, -0.15) is 0 Å². The van der Waals surface area contributed by atoms with Gasteiger partial charge in [-0.15, -0.1) is 0 Å². The Balaban J connectivity index is 1.71. The summed E-state index contributed by atoms with van der Waals surface area (Å²) < 4.78 is 1.03. The van der Waals surface area contributed by atoms with Crippen molar-refractivity contribution in [2.45, 2.75) is 44.3 Å². The Morgan fingerprint density at radius 1 is 0.789 bits per heavy atom. The standard InChI is InChI=1S/C28H31IN4O5/c1-17(34)31-24(15-18-7-10-22(29)11-8-18)27(36)32-23(12-13-30)26(35)33-25(28(37)38)16-19-6-9-20-4-2-3-5-21(20)14-19/h2-11,14,23-25H,12-13,15-16,30H2,1H3,(H,31,34)(H,32,36)(H,33,35)(H,37,38)/t23-,24+,25-/m0/s1. The van der Waals surface area contributed by atoms with Crippen molar-refractivity contribution < 1.29 is 24.3 Å². The van der Waals surface area contributed by atoms with Gasteiger partial charge in [-0.3, -0.25) is 14.4 Å². The van der Waals surface area contributed by atoms with Gasteiger partial charge in [-0.25, -0.2) is 4.79 Å². The van der Waals surface area contributed by atoms with Gasteiger partial charge in [-0.05, 0) is 69.6 Å². The average molecular weight is 630 g/mol. The quantitative estimate of drug-likeness (QED) is 0.194. The summed E-state index contributed by atoms with van der Waals surface area (Å²) in [5, 5.41) is 19.6. The van der Waals surface area contributed by atoms with Gasteiger partial charge >= 0.3 is 5.97 Å². The molecule has 3 rings (SSSR count). The molecule has 0 bridgehead atoms. The number of carbonyl (C=O) groups is 4. The number of hydrogen-bond acceptors (Lipinski definition) is 5. The van der Waals surface area contributed by atoms with Crippen molar-refractivity contribution in [3.05, 3.63) is 81.4 Å². The SMILES string of the molecule is CC(=O)N[C@H](Cc1ccc(I)cc1)C(=O)N[C@@H](CCN)C(=O)N[C@@H](Cc1ccc2ccccc2c1)C(=O)O. The Hall–Kier alpha value is -3.51. The van der Waals surface area contributed by atoms with Crippen molar-refractivity contribution in [3.63, 3.8) is 0 Å². The van der Waals surface area contributed by atoms with Crippen LogP contribution in [0.4, 0.5) is 0 Å². The molecule has 0 heterocycles. The fourth-order valence-corrected chi connectivity index (χ4v) is 4.45. The zero-order valence-corrected chi connectivity index (χ0v) is 23.1. The van der Waals surface area contributed by atoms with E-state index in [1.807, 2.05) is 66.7 Å². The third kappa shape index (κ3) is 8.52. The van der Waals surface area contributed by atoms with Crippen molar-refractivity contribution in [2.75, 3.05) is 6.54 Å². The van der Waals surface area contributed by atoms with Crippen LogP contribution >= 0.6 is 22.6 Å². The second-order valence-corrected chi connectivity index (χ2v) is 10.3. The number of carboxylic acids is 1. The highest BCUT2D eigenvalue weighted by molar-refractivity contribution is 14.1. The van der Waals surface area contributed by atoms with E-state index in [1.165, 1.54) is 6.92 Å². The molecule has 0 aromatic heterocycles. The van der Waals surface area contributed by atoms with Gasteiger partial charge in [0.05, 0.1) is 0 Å². The molecule has 0 radical (unpaired) electrons. The zero-order chi connectivity index (χ0) is 27.7. The Bertz CT molecular complexity index is 1300. The van der Waals surface area contributed by atoms with E-state index in [9.17, 15) is 24.3 Å². The summed E-state index contributed by atoms with van der Waals surface area (Å²) in [6.07, 6.45) is 0.381. The van der Waals surface area contributed by atoms with Crippen molar-refractivity contribution in [3.8, 4) is 0 Å². The Labute approximate surface area is 234 Å². The van der Waals surface area contributed by atoms with Gasteiger partial charge < -0.3 is 26.8 Å². The maximum atomic E-state index is 13.1. The molecule has 9 nitrogen and oxygen atoms in total. The molecule has 3 amide bonds. The molecular weight excluding hydrogens is 599 g/mol. The van der Waals surface area contributed by atoms with E-state index in [0.717, 1.165) is 25.5 Å². The maximum absolute atomic E-state index is 13.1. The largest absolute Gasteiger partial charge is 0.480 e. The zero-order valence-electron chi connectivity index (χ0n) is 20.9. The van der Waals surface area contributed by atoms with Gasteiger partial charge in [0.1, 0.15) is 18.1 Å². The smallest absolute Gasteiger partial charge is 0.326 e. The van der Waals surface area contributed by atoms with Crippen LogP contribution in [0.1, 0.15) is 24.5 Å². The number of halogens is 1. The minimum absolute atomic E-state index is 0.0660. The van der Waals surface area contributed by atoms with Crippen LogP contribution in [0.5, 0.6) is 0 Å². The first-order chi connectivity index (χ1) is 18.2. The van der Waals surface area contributed by atoms with E-state index in [0.29, 0.717) is 0 Å². The van der Waals surface area contributed by atoms with Gasteiger partial charge in [0, 0.05) is 23.3 Å². The van der Waals surface area contributed by atoms with Gasteiger partial charge in [0.25, 0.3) is 0 Å². The summed E-state index contributed by atoms with van der Waals surface area (Å²) in [5.74, 6) is -2.81. The highest BCUT2D eigenvalue weighted by atomic mass is 127. The molecule has 10 heteroatoms. The van der Waals surface area contributed by atoms with Crippen LogP contribution in [0, 0.1) is 3.57 Å². The summed E-state index contributed by atoms with van der Waals surface area (Å²) in [6, 6.07) is 17.6. The summed E-state index contributed by atoms with van der Waals surface area (Å²) in [4.78, 5) is 50.0. The van der Waals surface area contributed by atoms with Crippen LogP contribution in [0.25, 0.3) is 10.8 Å². The normalized spacial score (nSPS) is 13.2. The number of nitrogens with one attached hydrogen (secondary N) is 3. The molecule has 0 unspecified atom stereocenters. The molecule has 3 aromatic carbocycles. The van der Waals surface area contributed by atoms with Crippen LogP contribution in [-0.4, -0.2) is 53.5 Å². The third-order valence-corrected chi connectivity index (χ3v) is 6.72.